The predicted molar refractivity (Wildman–Crippen MR) is 81.3 cm³/mol. The molecular weight excluding hydrogens is 335 g/mol. The molecule has 1 atom stereocenters. The van der Waals surface area contributed by atoms with Crippen molar-refractivity contribution in [2.45, 2.75) is 18.9 Å². The molecule has 5 heteroatoms. The molecule has 1 saturated heterocycles. The molecule has 108 valence electrons. The van der Waals surface area contributed by atoms with Crippen LogP contribution >= 0.6 is 15.9 Å². The third-order valence-corrected chi connectivity index (χ3v) is 4.38. The van der Waals surface area contributed by atoms with E-state index in [2.05, 4.69) is 20.9 Å². The van der Waals surface area contributed by atoms with Gasteiger partial charge in [-0.2, -0.15) is 0 Å². The molecule has 0 N–H and O–H groups in total. The van der Waals surface area contributed by atoms with Crippen LogP contribution in [0.4, 0.5) is 4.39 Å². The van der Waals surface area contributed by atoms with Crippen LogP contribution in [-0.4, -0.2) is 22.3 Å². The molecule has 0 radical (unpaired) electrons. The number of likely N-dealkylation sites (tertiary alicyclic amines) is 1. The van der Waals surface area contributed by atoms with Gasteiger partial charge in [0.1, 0.15) is 5.82 Å². The normalized spacial score (nSPS) is 18.0. The van der Waals surface area contributed by atoms with Gasteiger partial charge in [-0.15, -0.1) is 0 Å². The number of hydrogen-bond donors (Lipinski definition) is 0. The van der Waals surface area contributed by atoms with E-state index < -0.39 is 5.82 Å². The van der Waals surface area contributed by atoms with E-state index >= 15 is 0 Å². The number of aromatic nitrogens is 1. The third-order valence-electron chi connectivity index (χ3n) is 3.76. The van der Waals surface area contributed by atoms with Gasteiger partial charge in [0.2, 0.25) is 0 Å². The molecule has 0 bridgehead atoms. The van der Waals surface area contributed by atoms with Crippen molar-refractivity contribution < 1.29 is 9.18 Å². The van der Waals surface area contributed by atoms with Gasteiger partial charge in [0.05, 0.1) is 16.1 Å². The van der Waals surface area contributed by atoms with E-state index in [-0.39, 0.29) is 17.5 Å². The summed E-state index contributed by atoms with van der Waals surface area (Å²) >= 11 is 3.13. The molecular formula is C16H14BrFN2O. The van der Waals surface area contributed by atoms with Crippen LogP contribution in [0.5, 0.6) is 0 Å². The number of carbonyl (C=O) groups is 1. The standard InChI is InChI=1S/C16H14BrFN2O/c17-13-6-1-5-12(15(13)18)16(21)20-9-3-7-14(20)11-4-2-8-19-10-11/h1-2,4-6,8,10,14H,3,7,9H2. The van der Waals surface area contributed by atoms with E-state index in [1.807, 2.05) is 12.1 Å². The fourth-order valence-corrected chi connectivity index (χ4v) is 3.12. The second-order valence-electron chi connectivity index (χ2n) is 5.04. The lowest BCUT2D eigenvalue weighted by Crippen LogP contribution is -2.31. The fraction of sp³-hybridized carbons (Fsp3) is 0.250. The summed E-state index contributed by atoms with van der Waals surface area (Å²) in [6.45, 7) is 0.643. The molecule has 0 spiro atoms. The Labute approximate surface area is 130 Å². The van der Waals surface area contributed by atoms with Gasteiger partial charge in [-0.1, -0.05) is 12.1 Å². The maximum Gasteiger partial charge on any atom is 0.257 e. The predicted octanol–water partition coefficient (Wildman–Crippen LogP) is 3.96. The maximum absolute atomic E-state index is 14.1. The summed E-state index contributed by atoms with van der Waals surface area (Å²) in [5, 5.41) is 0. The lowest BCUT2D eigenvalue weighted by molar-refractivity contribution is 0.0730. The number of carbonyl (C=O) groups excluding carboxylic acids is 1. The smallest absolute Gasteiger partial charge is 0.257 e. The van der Waals surface area contributed by atoms with Crippen LogP contribution < -0.4 is 0 Å². The zero-order valence-electron chi connectivity index (χ0n) is 11.3. The number of nitrogens with zero attached hydrogens (tertiary/aromatic N) is 2. The van der Waals surface area contributed by atoms with Crippen molar-refractivity contribution in [2.24, 2.45) is 0 Å². The van der Waals surface area contributed by atoms with Gasteiger partial charge in [-0.3, -0.25) is 9.78 Å². The van der Waals surface area contributed by atoms with Crippen LogP contribution in [0.25, 0.3) is 0 Å². The molecule has 1 amide bonds. The van der Waals surface area contributed by atoms with Crippen LogP contribution in [-0.2, 0) is 0 Å². The highest BCUT2D eigenvalue weighted by molar-refractivity contribution is 9.10. The number of rotatable bonds is 2. The Morgan fingerprint density at radius 1 is 1.33 bits per heavy atom. The number of pyridine rings is 1. The van der Waals surface area contributed by atoms with E-state index in [1.165, 1.54) is 6.07 Å². The Morgan fingerprint density at radius 3 is 2.95 bits per heavy atom. The summed E-state index contributed by atoms with van der Waals surface area (Å²) in [6.07, 6.45) is 5.28. The molecule has 1 aliphatic heterocycles. The Morgan fingerprint density at radius 2 is 2.19 bits per heavy atom. The van der Waals surface area contributed by atoms with E-state index in [0.717, 1.165) is 18.4 Å². The highest BCUT2D eigenvalue weighted by Crippen LogP contribution is 2.33. The summed E-state index contributed by atoms with van der Waals surface area (Å²) in [5.41, 5.74) is 1.11. The van der Waals surface area contributed by atoms with Gasteiger partial charge < -0.3 is 4.90 Å². The quantitative estimate of drug-likeness (QED) is 0.822. The van der Waals surface area contributed by atoms with Gasteiger partial charge >= 0.3 is 0 Å². The summed E-state index contributed by atoms with van der Waals surface area (Å²) in [7, 11) is 0. The molecule has 2 aromatic rings. The third kappa shape index (κ3) is 2.70. The van der Waals surface area contributed by atoms with Crippen LogP contribution in [0, 0.1) is 5.82 Å². The van der Waals surface area contributed by atoms with Crippen molar-refractivity contribution in [3.8, 4) is 0 Å². The second-order valence-corrected chi connectivity index (χ2v) is 5.90. The van der Waals surface area contributed by atoms with Crippen LogP contribution in [0.3, 0.4) is 0 Å². The Bertz CT molecular complexity index is 663. The highest BCUT2D eigenvalue weighted by atomic mass is 79.9. The maximum atomic E-state index is 14.1. The summed E-state index contributed by atoms with van der Waals surface area (Å²) in [6, 6.07) is 8.59. The molecule has 21 heavy (non-hydrogen) atoms. The van der Waals surface area contributed by atoms with E-state index in [9.17, 15) is 9.18 Å². The molecule has 1 unspecified atom stereocenters. The van der Waals surface area contributed by atoms with Crippen molar-refractivity contribution >= 4 is 21.8 Å². The van der Waals surface area contributed by atoms with E-state index in [0.29, 0.717) is 11.0 Å². The molecule has 1 aliphatic rings. The zero-order chi connectivity index (χ0) is 14.8. The van der Waals surface area contributed by atoms with Crippen molar-refractivity contribution in [3.05, 3.63) is 64.1 Å². The number of hydrogen-bond acceptors (Lipinski definition) is 2. The minimum atomic E-state index is -0.501. The topological polar surface area (TPSA) is 33.2 Å². The Balaban J connectivity index is 1.92. The molecule has 1 aromatic carbocycles. The molecule has 0 saturated carbocycles. The molecule has 2 heterocycles. The SMILES string of the molecule is O=C(c1cccc(Br)c1F)N1CCCC1c1cccnc1. The number of halogens is 2. The largest absolute Gasteiger partial charge is 0.331 e. The van der Waals surface area contributed by atoms with Gasteiger partial charge in [-0.25, -0.2) is 4.39 Å². The van der Waals surface area contributed by atoms with Crippen molar-refractivity contribution in [3.63, 3.8) is 0 Å². The van der Waals surface area contributed by atoms with Gasteiger partial charge in [0, 0.05) is 18.9 Å². The van der Waals surface area contributed by atoms with Crippen LogP contribution in [0.1, 0.15) is 34.8 Å². The van der Waals surface area contributed by atoms with Crippen molar-refractivity contribution in [2.75, 3.05) is 6.54 Å². The first kappa shape index (κ1) is 14.2. The van der Waals surface area contributed by atoms with Gasteiger partial charge in [0.15, 0.2) is 0 Å². The zero-order valence-corrected chi connectivity index (χ0v) is 12.9. The Kier molecular flexibility index (Phi) is 4.01. The molecule has 3 rings (SSSR count). The summed E-state index contributed by atoms with van der Waals surface area (Å²) < 4.78 is 14.4. The minimum Gasteiger partial charge on any atom is -0.331 e. The average molecular weight is 349 g/mol. The minimum absolute atomic E-state index is 0.0235. The first-order valence-electron chi connectivity index (χ1n) is 6.83. The van der Waals surface area contributed by atoms with Crippen LogP contribution in [0.2, 0.25) is 0 Å². The molecule has 3 nitrogen and oxygen atoms in total. The van der Waals surface area contributed by atoms with Crippen LogP contribution in [0.15, 0.2) is 47.2 Å². The Hall–Kier alpha value is -1.75. The lowest BCUT2D eigenvalue weighted by Gasteiger charge is -2.25. The summed E-state index contributed by atoms with van der Waals surface area (Å²) in [4.78, 5) is 18.5. The first-order chi connectivity index (χ1) is 10.2. The van der Waals surface area contributed by atoms with E-state index in [1.54, 1.807) is 29.4 Å². The lowest BCUT2D eigenvalue weighted by atomic mass is 10.1. The average Bonchev–Trinajstić information content (AvgIpc) is 3.00. The van der Waals surface area contributed by atoms with Crippen molar-refractivity contribution in [1.29, 1.82) is 0 Å². The number of benzene rings is 1. The molecule has 1 aromatic heterocycles. The van der Waals surface area contributed by atoms with Crippen molar-refractivity contribution in [1.82, 2.24) is 9.88 Å². The second kappa shape index (κ2) is 5.93. The fourth-order valence-electron chi connectivity index (χ4n) is 2.75. The van der Waals surface area contributed by atoms with Gasteiger partial charge in [-0.05, 0) is 52.5 Å². The van der Waals surface area contributed by atoms with Gasteiger partial charge in [0.25, 0.3) is 5.91 Å². The monoisotopic (exact) mass is 348 g/mol. The summed E-state index contributed by atoms with van der Waals surface area (Å²) in [5.74, 6) is -0.764. The van der Waals surface area contributed by atoms with E-state index in [4.69, 9.17) is 0 Å². The molecule has 1 fully saturated rings. The first-order valence-corrected chi connectivity index (χ1v) is 7.62. The number of amides is 1. The molecule has 0 aliphatic carbocycles. The highest BCUT2D eigenvalue weighted by Gasteiger charge is 2.32.